The molecule has 1 amide bonds. The molecule has 0 spiro atoms. The summed E-state index contributed by atoms with van der Waals surface area (Å²) in [6, 6.07) is 0.375. The van der Waals surface area contributed by atoms with Gasteiger partial charge in [0, 0.05) is 6.54 Å². The van der Waals surface area contributed by atoms with E-state index in [-0.39, 0.29) is 5.91 Å². The summed E-state index contributed by atoms with van der Waals surface area (Å²) in [6.45, 7) is 2.77. The first-order chi connectivity index (χ1) is 9.83. The molecule has 3 rings (SSSR count). The van der Waals surface area contributed by atoms with Gasteiger partial charge in [-0.05, 0) is 38.3 Å². The van der Waals surface area contributed by atoms with Gasteiger partial charge in [-0.3, -0.25) is 4.79 Å². The molecule has 0 bridgehead atoms. The maximum atomic E-state index is 12.0. The summed E-state index contributed by atoms with van der Waals surface area (Å²) in [5.74, 6) is 0.727. The molecule has 2 aliphatic rings. The van der Waals surface area contributed by atoms with Crippen LogP contribution in [0.3, 0.4) is 0 Å². The molecule has 1 aliphatic carbocycles. The van der Waals surface area contributed by atoms with E-state index in [0.29, 0.717) is 11.7 Å². The van der Waals surface area contributed by atoms with Crippen molar-refractivity contribution >= 4 is 5.91 Å². The SMILES string of the molecule is O=C(NCCC1CCC1)c1cn(C2CCNCC2)nn1. The van der Waals surface area contributed by atoms with Crippen LogP contribution in [0.4, 0.5) is 0 Å². The van der Waals surface area contributed by atoms with Crippen LogP contribution in [0.5, 0.6) is 0 Å². The Morgan fingerprint density at radius 1 is 1.35 bits per heavy atom. The van der Waals surface area contributed by atoms with Gasteiger partial charge in [0.05, 0.1) is 12.2 Å². The van der Waals surface area contributed by atoms with Crippen molar-refractivity contribution in [3.63, 3.8) is 0 Å². The minimum atomic E-state index is -0.0930. The van der Waals surface area contributed by atoms with E-state index in [9.17, 15) is 4.79 Å². The van der Waals surface area contributed by atoms with Crippen LogP contribution >= 0.6 is 0 Å². The van der Waals surface area contributed by atoms with Gasteiger partial charge in [-0.2, -0.15) is 0 Å². The molecular formula is C14H23N5O. The zero-order chi connectivity index (χ0) is 13.8. The van der Waals surface area contributed by atoms with Crippen molar-refractivity contribution in [2.45, 2.75) is 44.6 Å². The minimum absolute atomic E-state index is 0.0930. The zero-order valence-electron chi connectivity index (χ0n) is 11.8. The molecular weight excluding hydrogens is 254 g/mol. The molecule has 2 fully saturated rings. The first-order valence-corrected chi connectivity index (χ1v) is 7.73. The number of nitrogens with zero attached hydrogens (tertiary/aromatic N) is 3. The predicted molar refractivity (Wildman–Crippen MR) is 75.5 cm³/mol. The Balaban J connectivity index is 1.48. The average molecular weight is 277 g/mol. The summed E-state index contributed by atoms with van der Waals surface area (Å²) in [4.78, 5) is 12.0. The first-order valence-electron chi connectivity index (χ1n) is 7.73. The number of rotatable bonds is 5. The van der Waals surface area contributed by atoms with Crippen LogP contribution in [0.1, 0.15) is 55.1 Å². The predicted octanol–water partition coefficient (Wildman–Crippen LogP) is 1.12. The highest BCUT2D eigenvalue weighted by Crippen LogP contribution is 2.28. The molecule has 2 N–H and O–H groups in total. The van der Waals surface area contributed by atoms with Crippen LogP contribution in [0.2, 0.25) is 0 Å². The fourth-order valence-corrected chi connectivity index (χ4v) is 2.89. The summed E-state index contributed by atoms with van der Waals surface area (Å²) in [5.41, 5.74) is 0.442. The Hall–Kier alpha value is -1.43. The number of amides is 1. The van der Waals surface area contributed by atoms with E-state index in [1.807, 2.05) is 4.68 Å². The van der Waals surface area contributed by atoms with E-state index in [4.69, 9.17) is 0 Å². The van der Waals surface area contributed by atoms with Crippen molar-refractivity contribution < 1.29 is 4.79 Å². The van der Waals surface area contributed by atoms with Crippen LogP contribution in [-0.4, -0.2) is 40.5 Å². The minimum Gasteiger partial charge on any atom is -0.351 e. The van der Waals surface area contributed by atoms with Gasteiger partial charge in [-0.15, -0.1) is 5.10 Å². The highest BCUT2D eigenvalue weighted by atomic mass is 16.2. The summed E-state index contributed by atoms with van der Waals surface area (Å²) in [5, 5.41) is 14.4. The third-order valence-corrected chi connectivity index (χ3v) is 4.49. The van der Waals surface area contributed by atoms with Gasteiger partial charge in [0.25, 0.3) is 5.91 Å². The average Bonchev–Trinajstić information content (AvgIpc) is 2.92. The molecule has 1 saturated carbocycles. The Bertz CT molecular complexity index is 448. The molecule has 0 unspecified atom stereocenters. The number of piperidine rings is 1. The number of hydrogen-bond acceptors (Lipinski definition) is 4. The van der Waals surface area contributed by atoms with Crippen LogP contribution in [-0.2, 0) is 0 Å². The Morgan fingerprint density at radius 3 is 2.85 bits per heavy atom. The number of hydrogen-bond donors (Lipinski definition) is 2. The van der Waals surface area contributed by atoms with Crippen molar-refractivity contribution in [2.24, 2.45) is 5.92 Å². The Morgan fingerprint density at radius 2 is 2.15 bits per heavy atom. The Kier molecular flexibility index (Phi) is 4.30. The third-order valence-electron chi connectivity index (χ3n) is 4.49. The molecule has 1 saturated heterocycles. The lowest BCUT2D eigenvalue weighted by molar-refractivity contribution is 0.0944. The second-order valence-electron chi connectivity index (χ2n) is 5.91. The van der Waals surface area contributed by atoms with Gasteiger partial charge in [-0.25, -0.2) is 4.68 Å². The summed E-state index contributed by atoms with van der Waals surface area (Å²) >= 11 is 0. The van der Waals surface area contributed by atoms with Gasteiger partial charge < -0.3 is 10.6 Å². The van der Waals surface area contributed by atoms with Crippen molar-refractivity contribution in [3.8, 4) is 0 Å². The molecule has 1 aromatic heterocycles. The maximum absolute atomic E-state index is 12.0. The van der Waals surface area contributed by atoms with E-state index in [0.717, 1.165) is 44.8 Å². The number of carbonyl (C=O) groups excluding carboxylic acids is 1. The standard InChI is InChI=1S/C14H23N5O/c20-14(16-9-4-11-2-1-3-11)13-10-19(18-17-13)12-5-7-15-8-6-12/h10-12,15H,1-9H2,(H,16,20). The zero-order valence-corrected chi connectivity index (χ0v) is 11.8. The lowest BCUT2D eigenvalue weighted by Crippen LogP contribution is -2.29. The smallest absolute Gasteiger partial charge is 0.273 e. The second kappa shape index (κ2) is 6.35. The largest absolute Gasteiger partial charge is 0.351 e. The summed E-state index contributed by atoms with van der Waals surface area (Å²) in [7, 11) is 0. The van der Waals surface area contributed by atoms with Gasteiger partial charge >= 0.3 is 0 Å². The Labute approximate surface area is 119 Å². The highest BCUT2D eigenvalue weighted by molar-refractivity contribution is 5.91. The fourth-order valence-electron chi connectivity index (χ4n) is 2.89. The van der Waals surface area contributed by atoms with Crippen molar-refractivity contribution in [1.82, 2.24) is 25.6 Å². The number of nitrogens with one attached hydrogen (secondary N) is 2. The monoisotopic (exact) mass is 277 g/mol. The lowest BCUT2D eigenvalue weighted by Gasteiger charge is -2.24. The number of carbonyl (C=O) groups is 1. The van der Waals surface area contributed by atoms with Crippen molar-refractivity contribution in [2.75, 3.05) is 19.6 Å². The third kappa shape index (κ3) is 3.17. The van der Waals surface area contributed by atoms with Gasteiger partial charge in [0.1, 0.15) is 0 Å². The molecule has 0 atom stereocenters. The van der Waals surface area contributed by atoms with Crippen molar-refractivity contribution in [3.05, 3.63) is 11.9 Å². The lowest BCUT2D eigenvalue weighted by atomic mass is 9.83. The van der Waals surface area contributed by atoms with Crippen LogP contribution in [0, 0.1) is 5.92 Å². The van der Waals surface area contributed by atoms with E-state index in [1.54, 1.807) is 6.20 Å². The normalized spacial score (nSPS) is 20.6. The first kappa shape index (κ1) is 13.5. The fraction of sp³-hybridized carbons (Fsp3) is 0.786. The summed E-state index contributed by atoms with van der Waals surface area (Å²) < 4.78 is 1.85. The maximum Gasteiger partial charge on any atom is 0.273 e. The quantitative estimate of drug-likeness (QED) is 0.846. The molecule has 110 valence electrons. The molecule has 0 aromatic carbocycles. The van der Waals surface area contributed by atoms with Crippen LogP contribution < -0.4 is 10.6 Å². The van der Waals surface area contributed by atoms with E-state index in [1.165, 1.54) is 19.3 Å². The van der Waals surface area contributed by atoms with Gasteiger partial charge in [0.15, 0.2) is 5.69 Å². The molecule has 2 heterocycles. The second-order valence-corrected chi connectivity index (χ2v) is 5.91. The van der Waals surface area contributed by atoms with Gasteiger partial charge in [-0.1, -0.05) is 24.5 Å². The van der Waals surface area contributed by atoms with Crippen molar-refractivity contribution in [1.29, 1.82) is 0 Å². The van der Waals surface area contributed by atoms with E-state index < -0.39 is 0 Å². The molecule has 6 heteroatoms. The summed E-state index contributed by atoms with van der Waals surface area (Å²) in [6.07, 6.45) is 8.97. The highest BCUT2D eigenvalue weighted by Gasteiger charge is 2.20. The topological polar surface area (TPSA) is 71.8 Å². The molecule has 1 aliphatic heterocycles. The van der Waals surface area contributed by atoms with E-state index >= 15 is 0 Å². The molecule has 20 heavy (non-hydrogen) atoms. The molecule has 0 radical (unpaired) electrons. The van der Waals surface area contributed by atoms with Gasteiger partial charge in [0.2, 0.25) is 0 Å². The van der Waals surface area contributed by atoms with Crippen LogP contribution in [0.15, 0.2) is 6.20 Å². The number of aromatic nitrogens is 3. The molecule has 6 nitrogen and oxygen atoms in total. The van der Waals surface area contributed by atoms with Crippen LogP contribution in [0.25, 0.3) is 0 Å². The molecule has 1 aromatic rings. The van der Waals surface area contributed by atoms with E-state index in [2.05, 4.69) is 20.9 Å².